The molecule has 0 amide bonds. The van der Waals surface area contributed by atoms with E-state index in [2.05, 4.69) is 13.8 Å². The lowest BCUT2D eigenvalue weighted by atomic mass is 10.0. The molecule has 2 nitrogen and oxygen atoms in total. The number of hydrogen-bond acceptors (Lipinski definition) is 2. The highest BCUT2D eigenvalue weighted by Gasteiger charge is 2.63. The summed E-state index contributed by atoms with van der Waals surface area (Å²) in [5, 5.41) is 0. The molecule has 0 aliphatic heterocycles. The molecule has 1 aliphatic carbocycles. The number of methoxy groups -OCH3 is 1. The Morgan fingerprint density at radius 3 is 2.29 bits per heavy atom. The van der Waals surface area contributed by atoms with Crippen LogP contribution in [0.25, 0.3) is 6.08 Å². The van der Waals surface area contributed by atoms with Gasteiger partial charge in [0, 0.05) is 0 Å². The maximum absolute atomic E-state index is 11.9. The van der Waals surface area contributed by atoms with E-state index < -0.39 is 5.41 Å². The molecule has 90 valence electrons. The standard InChI is InChI=1S/C15H18O2/c1-11-12(2)15(11,14(16)17-3)10-9-13-7-5-4-6-8-13/h4-12H,1-3H3/b10-9+/t11-,12+,15?. The van der Waals surface area contributed by atoms with Gasteiger partial charge in [0.25, 0.3) is 0 Å². The lowest BCUT2D eigenvalue weighted by Gasteiger charge is -2.09. The van der Waals surface area contributed by atoms with Crippen molar-refractivity contribution < 1.29 is 9.53 Å². The number of esters is 1. The fourth-order valence-corrected chi connectivity index (χ4v) is 2.53. The number of ether oxygens (including phenoxy) is 1. The SMILES string of the molecule is COC(=O)C1(/C=C/c2ccccc2)[C@H](C)[C@@H]1C. The molecule has 1 fully saturated rings. The zero-order valence-corrected chi connectivity index (χ0v) is 10.5. The smallest absolute Gasteiger partial charge is 0.316 e. The van der Waals surface area contributed by atoms with Gasteiger partial charge in [-0.1, -0.05) is 56.3 Å². The van der Waals surface area contributed by atoms with Crippen LogP contribution in [0.15, 0.2) is 36.4 Å². The van der Waals surface area contributed by atoms with E-state index in [9.17, 15) is 4.79 Å². The van der Waals surface area contributed by atoms with Crippen LogP contribution in [0.5, 0.6) is 0 Å². The van der Waals surface area contributed by atoms with Crippen molar-refractivity contribution >= 4 is 12.0 Å². The number of hydrogen-bond donors (Lipinski definition) is 0. The highest BCUT2D eigenvalue weighted by atomic mass is 16.5. The van der Waals surface area contributed by atoms with E-state index in [-0.39, 0.29) is 5.97 Å². The summed E-state index contributed by atoms with van der Waals surface area (Å²) < 4.78 is 4.92. The summed E-state index contributed by atoms with van der Waals surface area (Å²) in [6, 6.07) is 10.0. The Morgan fingerprint density at radius 1 is 1.24 bits per heavy atom. The molecule has 2 heteroatoms. The number of benzene rings is 1. The van der Waals surface area contributed by atoms with Crippen molar-refractivity contribution in [3.8, 4) is 0 Å². The summed E-state index contributed by atoms with van der Waals surface area (Å²) in [4.78, 5) is 11.9. The van der Waals surface area contributed by atoms with Gasteiger partial charge in [-0.3, -0.25) is 4.79 Å². The third-order valence-electron chi connectivity index (χ3n) is 4.04. The molecular formula is C15H18O2. The molecule has 0 bridgehead atoms. The van der Waals surface area contributed by atoms with Gasteiger partial charge in [0.1, 0.15) is 0 Å². The third kappa shape index (κ3) is 1.88. The van der Waals surface area contributed by atoms with Crippen LogP contribution in [0.4, 0.5) is 0 Å². The molecule has 3 atom stereocenters. The molecule has 0 heterocycles. The van der Waals surface area contributed by atoms with Crippen LogP contribution in [0.2, 0.25) is 0 Å². The predicted octanol–water partition coefficient (Wildman–Crippen LogP) is 3.15. The summed E-state index contributed by atoms with van der Waals surface area (Å²) in [6.07, 6.45) is 4.01. The highest BCUT2D eigenvalue weighted by molar-refractivity contribution is 5.85. The van der Waals surface area contributed by atoms with Gasteiger partial charge in [0.2, 0.25) is 0 Å². The monoisotopic (exact) mass is 230 g/mol. The van der Waals surface area contributed by atoms with E-state index in [0.29, 0.717) is 11.8 Å². The summed E-state index contributed by atoms with van der Waals surface area (Å²) in [6.45, 7) is 4.19. The molecule has 1 saturated carbocycles. The molecular weight excluding hydrogens is 212 g/mol. The van der Waals surface area contributed by atoms with E-state index in [1.807, 2.05) is 42.5 Å². The van der Waals surface area contributed by atoms with E-state index in [1.165, 1.54) is 7.11 Å². The molecule has 1 aromatic rings. The molecule has 0 radical (unpaired) electrons. The molecule has 1 unspecified atom stereocenters. The average molecular weight is 230 g/mol. The second kappa shape index (κ2) is 4.36. The van der Waals surface area contributed by atoms with E-state index in [4.69, 9.17) is 4.74 Å². The Kier molecular flexibility index (Phi) is 3.05. The van der Waals surface area contributed by atoms with Crippen LogP contribution in [-0.2, 0) is 9.53 Å². The van der Waals surface area contributed by atoms with E-state index >= 15 is 0 Å². The summed E-state index contributed by atoms with van der Waals surface area (Å²) in [5.74, 6) is 0.592. The van der Waals surface area contributed by atoms with Gasteiger partial charge in [-0.05, 0) is 17.4 Å². The molecule has 17 heavy (non-hydrogen) atoms. The minimum atomic E-state index is -0.412. The average Bonchev–Trinajstić information content (AvgIpc) is 2.90. The molecule has 2 rings (SSSR count). The molecule has 1 aliphatic rings. The lowest BCUT2D eigenvalue weighted by Crippen LogP contribution is -2.18. The second-order valence-electron chi connectivity index (χ2n) is 4.75. The summed E-state index contributed by atoms with van der Waals surface area (Å²) >= 11 is 0. The maximum Gasteiger partial charge on any atom is 0.316 e. The van der Waals surface area contributed by atoms with Crippen molar-refractivity contribution in [2.24, 2.45) is 17.3 Å². The van der Waals surface area contributed by atoms with Crippen LogP contribution < -0.4 is 0 Å². The zero-order valence-electron chi connectivity index (χ0n) is 10.5. The molecule has 0 spiro atoms. The van der Waals surface area contributed by atoms with Crippen LogP contribution in [0.1, 0.15) is 19.4 Å². The summed E-state index contributed by atoms with van der Waals surface area (Å²) in [5.41, 5.74) is 0.701. The first kappa shape index (κ1) is 11.9. The third-order valence-corrected chi connectivity index (χ3v) is 4.04. The predicted molar refractivity (Wildman–Crippen MR) is 68.3 cm³/mol. The quantitative estimate of drug-likeness (QED) is 0.746. The largest absolute Gasteiger partial charge is 0.468 e. The lowest BCUT2D eigenvalue weighted by molar-refractivity contribution is -0.146. The number of carbonyl (C=O) groups is 1. The van der Waals surface area contributed by atoms with Crippen molar-refractivity contribution in [3.05, 3.63) is 42.0 Å². The minimum absolute atomic E-state index is 0.121. The Bertz CT molecular complexity index is 425. The number of carbonyl (C=O) groups excluding carboxylic acids is 1. The van der Waals surface area contributed by atoms with Gasteiger partial charge in [-0.15, -0.1) is 0 Å². The van der Waals surface area contributed by atoms with Crippen molar-refractivity contribution in [2.75, 3.05) is 7.11 Å². The Hall–Kier alpha value is -1.57. The van der Waals surface area contributed by atoms with Gasteiger partial charge in [0.05, 0.1) is 12.5 Å². The van der Waals surface area contributed by atoms with Gasteiger partial charge in [-0.25, -0.2) is 0 Å². The molecule has 0 aromatic heterocycles. The highest BCUT2D eigenvalue weighted by Crippen LogP contribution is 2.60. The first-order valence-corrected chi connectivity index (χ1v) is 5.95. The van der Waals surface area contributed by atoms with Crippen molar-refractivity contribution in [2.45, 2.75) is 13.8 Å². The van der Waals surface area contributed by atoms with E-state index in [1.54, 1.807) is 0 Å². The maximum atomic E-state index is 11.9. The minimum Gasteiger partial charge on any atom is -0.468 e. The van der Waals surface area contributed by atoms with Crippen LogP contribution in [0.3, 0.4) is 0 Å². The van der Waals surface area contributed by atoms with Crippen molar-refractivity contribution in [3.63, 3.8) is 0 Å². The second-order valence-corrected chi connectivity index (χ2v) is 4.75. The first-order valence-electron chi connectivity index (χ1n) is 5.95. The molecule has 0 N–H and O–H groups in total. The van der Waals surface area contributed by atoms with Gasteiger partial charge in [0.15, 0.2) is 0 Å². The van der Waals surface area contributed by atoms with Gasteiger partial charge < -0.3 is 4.74 Å². The van der Waals surface area contributed by atoms with E-state index in [0.717, 1.165) is 5.56 Å². The normalized spacial score (nSPS) is 31.5. The molecule has 0 saturated heterocycles. The van der Waals surface area contributed by atoms with Gasteiger partial charge >= 0.3 is 5.97 Å². The Balaban J connectivity index is 2.22. The number of rotatable bonds is 3. The zero-order chi connectivity index (χ0) is 12.5. The van der Waals surface area contributed by atoms with Crippen molar-refractivity contribution in [1.82, 2.24) is 0 Å². The molecule has 1 aromatic carbocycles. The summed E-state index contributed by atoms with van der Waals surface area (Å²) in [7, 11) is 1.46. The van der Waals surface area contributed by atoms with Crippen LogP contribution in [0, 0.1) is 17.3 Å². The topological polar surface area (TPSA) is 26.3 Å². The fourth-order valence-electron chi connectivity index (χ4n) is 2.53. The first-order chi connectivity index (χ1) is 8.13. The Morgan fingerprint density at radius 2 is 1.82 bits per heavy atom. The van der Waals surface area contributed by atoms with Crippen molar-refractivity contribution in [1.29, 1.82) is 0 Å². The van der Waals surface area contributed by atoms with Crippen LogP contribution in [-0.4, -0.2) is 13.1 Å². The Labute approximate surface area is 102 Å². The van der Waals surface area contributed by atoms with Gasteiger partial charge in [-0.2, -0.15) is 0 Å². The fraction of sp³-hybridized carbons (Fsp3) is 0.400. The van der Waals surface area contributed by atoms with Crippen LogP contribution >= 0.6 is 0 Å².